The van der Waals surface area contributed by atoms with E-state index < -0.39 is 85.9 Å². The minimum atomic E-state index is -0.750. The third-order valence-electron chi connectivity index (χ3n) is 25.1. The summed E-state index contributed by atoms with van der Waals surface area (Å²) in [6, 6.07) is 38.6. The van der Waals surface area contributed by atoms with Crippen molar-refractivity contribution >= 4 is 116 Å². The number of aromatic amines is 7. The highest BCUT2D eigenvalue weighted by Gasteiger charge is 2.43. The number of aromatic nitrogens is 14. The Kier molecular flexibility index (Phi) is 26.1. The summed E-state index contributed by atoms with van der Waals surface area (Å²) in [4.78, 5) is 256. The number of Topliss-reactive ketones (excluding diaryl/α,β-unsaturated/α-hetero) is 16. The number of H-pyrrole nitrogens is 7. The summed E-state index contributed by atoms with van der Waals surface area (Å²) in [5, 5.41) is 11.2. The number of nitrogens with one attached hydrogen (secondary N) is 7. The van der Waals surface area contributed by atoms with Gasteiger partial charge in [0.2, 0.25) is 40.5 Å². The molecule has 7 aromatic heterocycles. The van der Waals surface area contributed by atoms with Crippen molar-refractivity contribution in [2.45, 2.75) is 177 Å². The van der Waals surface area contributed by atoms with Gasteiger partial charge < -0.3 is 40.6 Å². The molecule has 722 valence electrons. The van der Waals surface area contributed by atoms with Gasteiger partial charge in [0, 0.05) is 161 Å². The van der Waals surface area contributed by atoms with E-state index in [4.69, 9.17) is 17.3 Å². The predicted octanol–water partition coefficient (Wildman–Crippen LogP) is 19.1. The van der Waals surface area contributed by atoms with E-state index in [1.54, 1.807) is 78.9 Å². The number of non-ortho nitro benzene ring substituents is 1. The molecule has 9 aliphatic rings. The molecule has 0 saturated heterocycles. The molecule has 14 aromatic rings. The van der Waals surface area contributed by atoms with Crippen molar-refractivity contribution in [3.63, 3.8) is 0 Å². The molecule has 7 aromatic carbocycles. The zero-order chi connectivity index (χ0) is 103. The van der Waals surface area contributed by atoms with Gasteiger partial charge in [0.25, 0.3) is 46.2 Å². The number of rotatable bonds is 13. The first-order valence-electron chi connectivity index (χ1n) is 46.6. The monoisotopic (exact) mass is 1940 g/mol. The number of nitrogens with zero attached hydrogens (tertiary/aromatic N) is 8. The number of anilines is 1. The molecule has 0 bridgehead atoms. The van der Waals surface area contributed by atoms with Crippen molar-refractivity contribution in [2.24, 2.45) is 11.3 Å². The van der Waals surface area contributed by atoms with Crippen molar-refractivity contribution in [3.8, 4) is 78.8 Å². The molecule has 143 heavy (non-hydrogen) atoms. The fraction of sp³-hybridized carbons (Fsp3) is 0.269. The van der Waals surface area contributed by atoms with E-state index in [9.17, 15) is 86.8 Å². The lowest BCUT2D eigenvalue weighted by molar-refractivity contribution is -0.384. The first kappa shape index (κ1) is 97.8. The second-order valence-electron chi connectivity index (χ2n) is 39.0. The van der Waals surface area contributed by atoms with E-state index in [0.717, 1.165) is 72.1 Å². The van der Waals surface area contributed by atoms with Gasteiger partial charge in [0.1, 0.15) is 132 Å². The van der Waals surface area contributed by atoms with E-state index in [-0.39, 0.29) is 98.6 Å². The van der Waals surface area contributed by atoms with Crippen LogP contribution in [0.25, 0.3) is 78.8 Å². The van der Waals surface area contributed by atoms with Gasteiger partial charge in [-0.3, -0.25) is 86.8 Å². The molecule has 35 heteroatoms. The number of nitro benzene ring substituents is 1. The molecular formula is C108H95ClN16O18. The Balaban J connectivity index is 0.000000115. The number of nitro groups is 1. The number of halogens is 1. The highest BCUT2D eigenvalue weighted by molar-refractivity contribution is 6.56. The predicted molar refractivity (Wildman–Crippen MR) is 526 cm³/mol. The quantitative estimate of drug-likeness (QED) is 0.0230. The van der Waals surface area contributed by atoms with Crippen LogP contribution >= 0.6 is 11.6 Å². The number of fused-ring (bicyclic) bond motifs is 21. The van der Waals surface area contributed by atoms with Gasteiger partial charge in [-0.2, -0.15) is 0 Å². The van der Waals surface area contributed by atoms with Gasteiger partial charge >= 0.3 is 0 Å². The van der Waals surface area contributed by atoms with Gasteiger partial charge in [-0.25, -0.2) is 34.9 Å². The molecule has 0 amide bonds. The van der Waals surface area contributed by atoms with Crippen LogP contribution in [0.2, 0.25) is 5.02 Å². The van der Waals surface area contributed by atoms with Crippen molar-refractivity contribution in [3.05, 3.63) is 285 Å². The summed E-state index contributed by atoms with van der Waals surface area (Å²) in [7, 11) is 0. The largest absolute Gasteiger partial charge is 0.399 e. The second kappa shape index (κ2) is 38.1. The third kappa shape index (κ3) is 18.9. The molecule has 0 atom stereocenters. The molecule has 23 rings (SSSR count). The standard InChI is InChI=1S/C19H18N2O3.C17H16N2O3.C16H16N2O2.C14H11ClN2O2.C14H11N3O4.C14H13N3O2.C14H10N2O2/c1-9(2)19-20-15-12-6-3-10(8-14(22)11-4-5-11)7-13(12)17(23)18(24)16(15)21-19;1-8(2)17-18-13-11-5-4-10(6-9(3)20)7-12(11)15(21)16(22)14(13)19-17;1-16(2,3)8-11-17-12-9-6-4-5-7-10(9)14(19)15(20)13(12)18-11;1-6(2)14-16-10-8-4-3-7(15)5-9(8)12(18)13(19)11(10)17-14;1-6(2)14-15-10-8-4-3-7(17(20)21)5-9(8)12(18)13(19)11(10)16-14;1-6(2)14-16-10-8-4-3-7(15)5-9(8)12(18)13(19)11(10)17-14;17-12-9-4-2-1-3-8(9)10-11(13(12)18)16-14(15-10)7-5-6-7/h3,6-7,9,11H,4-5,8H2,1-2H3,(H,20,21);4-5,7-8H,6H2,1-3H3,(H,18,19);4-7H,8H2,1-3H3,(H,17,18);3-6H,1-2H3,(H,16,17);3-6H,1-2H3,(H,15,16);3-6H,15H2,1-2H3,(H,16,17);1-4,7H,5-6H2,(H,15,16). The van der Waals surface area contributed by atoms with Crippen LogP contribution in [0.5, 0.6) is 0 Å². The maximum Gasteiger partial charge on any atom is 0.270 e. The fourth-order valence-corrected chi connectivity index (χ4v) is 17.5. The summed E-state index contributed by atoms with van der Waals surface area (Å²) in [5.41, 5.74) is 20.1. The van der Waals surface area contributed by atoms with Crippen LogP contribution in [0, 0.1) is 21.4 Å². The number of hydrogen-bond donors (Lipinski definition) is 8. The lowest BCUT2D eigenvalue weighted by Gasteiger charge is -2.15. The maximum atomic E-state index is 12.5. The van der Waals surface area contributed by atoms with Gasteiger partial charge in [-0.05, 0) is 97.7 Å². The van der Waals surface area contributed by atoms with E-state index >= 15 is 0 Å². The zero-order valence-electron chi connectivity index (χ0n) is 80.2. The highest BCUT2D eigenvalue weighted by atomic mass is 35.5. The number of imidazole rings is 7. The Morgan fingerprint density at radius 2 is 0.657 bits per heavy atom. The van der Waals surface area contributed by atoms with E-state index in [1.165, 1.54) is 31.2 Å². The second-order valence-corrected chi connectivity index (χ2v) is 39.4. The fourth-order valence-electron chi connectivity index (χ4n) is 17.4. The Morgan fingerprint density at radius 3 is 1.01 bits per heavy atom. The number of carbonyl (C=O) groups excluding carboxylic acids is 16. The molecule has 0 radical (unpaired) electrons. The minimum Gasteiger partial charge on any atom is -0.399 e. The topological polar surface area (TPSA) is 543 Å². The number of nitrogen functional groups attached to an aromatic ring is 1. The van der Waals surface area contributed by atoms with Crippen LogP contribution in [0.1, 0.15) is 356 Å². The Bertz CT molecular complexity index is 7800. The molecular weight excluding hydrogens is 1840 g/mol. The molecule has 2 saturated carbocycles. The molecule has 34 nitrogen and oxygen atoms in total. The van der Waals surface area contributed by atoms with E-state index in [0.29, 0.717) is 165 Å². The van der Waals surface area contributed by atoms with Crippen LogP contribution in [-0.2, 0) is 28.9 Å². The first-order chi connectivity index (χ1) is 67.8. The minimum absolute atomic E-state index is 0.0112. The molecule has 0 spiro atoms. The molecule has 0 aliphatic heterocycles. The van der Waals surface area contributed by atoms with Crippen LogP contribution in [0.3, 0.4) is 0 Å². The van der Waals surface area contributed by atoms with E-state index in [1.807, 2.05) is 99.6 Å². The first-order valence-corrected chi connectivity index (χ1v) is 47.0. The van der Waals surface area contributed by atoms with Crippen molar-refractivity contribution < 1.29 is 81.6 Å². The number of ketones is 16. The number of benzene rings is 7. The molecule has 2 fully saturated rings. The SMILES string of the molecule is CC(=O)Cc1ccc2c(c1)C(=O)C(=O)c1[nH]c(C(C)C)nc1-2.CC(C)(C)Cc1nc2c([nH]1)C(=O)C(=O)c1ccccc1-2.CC(C)c1nc2c([nH]1)C(=O)C(=O)c1cc(CC(=O)C3CC3)ccc1-2.CC(C)c1nc2c([nH]1)C(=O)C(=O)c1cc(Cl)ccc1-2.CC(C)c1nc2c([nH]1)C(=O)C(=O)c1cc(N)ccc1-2.CC(C)c1nc2c([nH]1)C(=O)C(=O)c1cc([N+](=O)[O-])ccc1-2.O=C1C(=O)c2[nH]c(C3CC3)nc2-c2ccccc21. The lowest BCUT2D eigenvalue weighted by Crippen LogP contribution is -2.21. The van der Waals surface area contributed by atoms with Gasteiger partial charge in [-0.15, -0.1) is 0 Å². The zero-order valence-corrected chi connectivity index (χ0v) is 80.9. The summed E-state index contributed by atoms with van der Waals surface area (Å²) in [5.74, 6) is -1.21. The smallest absolute Gasteiger partial charge is 0.270 e. The number of nitrogens with two attached hydrogens (primary N) is 1. The molecule has 9 N–H and O–H groups in total. The summed E-state index contributed by atoms with van der Waals surface area (Å²) >= 11 is 5.88. The Labute approximate surface area is 820 Å². The Hall–Kier alpha value is -16.8. The van der Waals surface area contributed by atoms with Gasteiger partial charge in [-0.1, -0.05) is 180 Å². The average molecular weight is 1940 g/mol. The van der Waals surface area contributed by atoms with Crippen LogP contribution in [-0.4, -0.2) is 167 Å². The summed E-state index contributed by atoms with van der Waals surface area (Å²) in [6.07, 6.45) is 5.45. The lowest BCUT2D eigenvalue weighted by atomic mass is 9.88. The molecule has 9 aliphatic carbocycles. The normalized spacial score (nSPS) is 14.5. The molecule has 7 heterocycles. The number of hydrogen-bond acceptors (Lipinski definition) is 26. The number of carbonyl (C=O) groups is 16. The molecule has 0 unspecified atom stereocenters. The average Bonchev–Trinajstić information content (AvgIpc) is 1.63. The van der Waals surface area contributed by atoms with Crippen LogP contribution in [0.15, 0.2) is 140 Å². The van der Waals surface area contributed by atoms with Crippen LogP contribution < -0.4 is 5.73 Å². The van der Waals surface area contributed by atoms with Crippen molar-refractivity contribution in [1.82, 2.24) is 69.8 Å². The van der Waals surface area contributed by atoms with Gasteiger partial charge in [0.15, 0.2) is 0 Å². The Morgan fingerprint density at radius 1 is 0.357 bits per heavy atom. The van der Waals surface area contributed by atoms with Crippen LogP contribution in [0.4, 0.5) is 11.4 Å². The maximum absolute atomic E-state index is 12.5. The van der Waals surface area contributed by atoms with Crippen molar-refractivity contribution in [1.29, 1.82) is 0 Å². The summed E-state index contributed by atoms with van der Waals surface area (Å²) in [6.45, 7) is 27.4. The highest BCUT2D eigenvalue weighted by Crippen LogP contribution is 2.45. The summed E-state index contributed by atoms with van der Waals surface area (Å²) < 4.78 is 0. The van der Waals surface area contributed by atoms with Crippen molar-refractivity contribution in [2.75, 3.05) is 5.73 Å². The third-order valence-corrected chi connectivity index (χ3v) is 25.4. The van der Waals surface area contributed by atoms with Gasteiger partial charge in [0.05, 0.1) is 4.92 Å². The van der Waals surface area contributed by atoms with E-state index in [2.05, 4.69) is 90.5 Å².